The molecule has 1 aliphatic heterocycles. The number of aryl methyl sites for hydroxylation is 2. The Labute approximate surface area is 180 Å². The van der Waals surface area contributed by atoms with Crippen LogP contribution in [0.3, 0.4) is 0 Å². The third kappa shape index (κ3) is 4.99. The van der Waals surface area contributed by atoms with Crippen LogP contribution in [0.2, 0.25) is 0 Å². The number of aromatic nitrogens is 2. The fraction of sp³-hybridized carbons (Fsp3) is 0.375. The van der Waals surface area contributed by atoms with Crippen molar-refractivity contribution in [3.8, 4) is 0 Å². The predicted molar refractivity (Wildman–Crippen MR) is 118 cm³/mol. The van der Waals surface area contributed by atoms with E-state index in [-0.39, 0.29) is 23.7 Å². The first-order valence-corrected chi connectivity index (χ1v) is 10.7. The van der Waals surface area contributed by atoms with Crippen LogP contribution in [0.1, 0.15) is 24.0 Å². The van der Waals surface area contributed by atoms with Gasteiger partial charge in [-0.15, -0.1) is 0 Å². The van der Waals surface area contributed by atoms with Gasteiger partial charge in [-0.3, -0.25) is 19.1 Å². The Bertz CT molecular complexity index is 1130. The van der Waals surface area contributed by atoms with Crippen molar-refractivity contribution in [2.75, 3.05) is 26.2 Å². The van der Waals surface area contributed by atoms with Crippen LogP contribution in [0.4, 0.5) is 4.39 Å². The van der Waals surface area contributed by atoms with Crippen LogP contribution < -0.4 is 5.56 Å². The second-order valence-electron chi connectivity index (χ2n) is 8.10. The Morgan fingerprint density at radius 2 is 1.87 bits per heavy atom. The van der Waals surface area contributed by atoms with E-state index in [1.54, 1.807) is 18.2 Å². The third-order valence-electron chi connectivity index (χ3n) is 5.88. The van der Waals surface area contributed by atoms with Crippen LogP contribution in [0.25, 0.3) is 10.9 Å². The molecule has 2 heterocycles. The molecular formula is C24H27FN4O2. The highest BCUT2D eigenvalue weighted by Gasteiger charge is 2.19. The number of hydrogen-bond donors (Lipinski definition) is 0. The Hall–Kier alpha value is -3.06. The molecule has 31 heavy (non-hydrogen) atoms. The van der Waals surface area contributed by atoms with Crippen molar-refractivity contribution < 1.29 is 9.18 Å². The first kappa shape index (κ1) is 21.2. The van der Waals surface area contributed by atoms with E-state index in [0.29, 0.717) is 30.5 Å². The fourth-order valence-corrected chi connectivity index (χ4v) is 4.10. The van der Waals surface area contributed by atoms with Gasteiger partial charge in [0, 0.05) is 45.7 Å². The predicted octanol–water partition coefficient (Wildman–Crippen LogP) is 2.97. The molecule has 0 aliphatic carbocycles. The van der Waals surface area contributed by atoms with Crippen LogP contribution >= 0.6 is 0 Å². The van der Waals surface area contributed by atoms with E-state index in [4.69, 9.17) is 0 Å². The SMILES string of the molecule is Cc1cccc2c(=O)n(CCC(=O)N3CCCN(Cc4ccc(F)cc4)CC3)cnc12. The zero-order chi connectivity index (χ0) is 21.8. The van der Waals surface area contributed by atoms with E-state index < -0.39 is 0 Å². The van der Waals surface area contributed by atoms with Gasteiger partial charge in [0.15, 0.2) is 0 Å². The average molecular weight is 423 g/mol. The number of carbonyl (C=O) groups excluding carboxylic acids is 1. The summed E-state index contributed by atoms with van der Waals surface area (Å²) >= 11 is 0. The summed E-state index contributed by atoms with van der Waals surface area (Å²) in [4.78, 5) is 34.1. The van der Waals surface area contributed by atoms with Crippen molar-refractivity contribution in [3.05, 3.63) is 76.1 Å². The van der Waals surface area contributed by atoms with Crippen molar-refractivity contribution in [1.82, 2.24) is 19.4 Å². The van der Waals surface area contributed by atoms with Gasteiger partial charge in [-0.2, -0.15) is 0 Å². The molecular weight excluding hydrogens is 395 g/mol. The third-order valence-corrected chi connectivity index (χ3v) is 5.88. The van der Waals surface area contributed by atoms with Crippen molar-refractivity contribution in [2.45, 2.75) is 32.9 Å². The Morgan fingerprint density at radius 3 is 2.68 bits per heavy atom. The molecule has 0 saturated carbocycles. The van der Waals surface area contributed by atoms with Crippen molar-refractivity contribution >= 4 is 16.8 Å². The normalized spacial score (nSPS) is 15.2. The lowest BCUT2D eigenvalue weighted by Crippen LogP contribution is -2.36. The Balaban J connectivity index is 1.34. The maximum absolute atomic E-state index is 13.1. The summed E-state index contributed by atoms with van der Waals surface area (Å²) in [6.07, 6.45) is 2.71. The van der Waals surface area contributed by atoms with Crippen LogP contribution in [-0.4, -0.2) is 51.4 Å². The lowest BCUT2D eigenvalue weighted by molar-refractivity contribution is -0.131. The van der Waals surface area contributed by atoms with Crippen molar-refractivity contribution in [2.24, 2.45) is 0 Å². The number of hydrogen-bond acceptors (Lipinski definition) is 4. The zero-order valence-electron chi connectivity index (χ0n) is 17.8. The van der Waals surface area contributed by atoms with E-state index >= 15 is 0 Å². The highest BCUT2D eigenvalue weighted by Crippen LogP contribution is 2.13. The van der Waals surface area contributed by atoms with Crippen molar-refractivity contribution in [3.63, 3.8) is 0 Å². The van der Waals surface area contributed by atoms with E-state index in [2.05, 4.69) is 9.88 Å². The van der Waals surface area contributed by atoms with E-state index in [1.165, 1.54) is 23.0 Å². The van der Waals surface area contributed by atoms with Gasteiger partial charge >= 0.3 is 0 Å². The minimum Gasteiger partial charge on any atom is -0.341 e. The molecule has 2 aromatic carbocycles. The first-order valence-electron chi connectivity index (χ1n) is 10.7. The number of carbonyl (C=O) groups is 1. The molecule has 0 N–H and O–H groups in total. The molecule has 0 bridgehead atoms. The second-order valence-corrected chi connectivity index (χ2v) is 8.10. The molecule has 0 unspecified atom stereocenters. The summed E-state index contributed by atoms with van der Waals surface area (Å²) in [5, 5.41) is 0.584. The number of rotatable bonds is 5. The molecule has 7 heteroatoms. The molecule has 1 aliphatic rings. The zero-order valence-corrected chi connectivity index (χ0v) is 17.8. The summed E-state index contributed by atoms with van der Waals surface area (Å²) < 4.78 is 14.6. The van der Waals surface area contributed by atoms with Gasteiger partial charge < -0.3 is 4.90 Å². The highest BCUT2D eigenvalue weighted by molar-refractivity contribution is 5.80. The molecule has 162 valence electrons. The molecule has 1 saturated heterocycles. The molecule has 4 rings (SSSR count). The average Bonchev–Trinajstić information content (AvgIpc) is 3.01. The van der Waals surface area contributed by atoms with Gasteiger partial charge in [0.2, 0.25) is 5.91 Å². The number of halogens is 1. The maximum atomic E-state index is 13.1. The van der Waals surface area contributed by atoms with Gasteiger partial charge in [0.05, 0.1) is 17.2 Å². The van der Waals surface area contributed by atoms with Gasteiger partial charge in [0.25, 0.3) is 5.56 Å². The molecule has 1 fully saturated rings. The van der Waals surface area contributed by atoms with E-state index in [9.17, 15) is 14.0 Å². The summed E-state index contributed by atoms with van der Waals surface area (Å²) in [5.41, 5.74) is 2.64. The smallest absolute Gasteiger partial charge is 0.261 e. The van der Waals surface area contributed by atoms with Gasteiger partial charge in [-0.05, 0) is 42.7 Å². The minimum atomic E-state index is -0.229. The van der Waals surface area contributed by atoms with Crippen LogP contribution in [-0.2, 0) is 17.9 Å². The standard InChI is InChI=1S/C24H27FN4O2/c1-18-4-2-5-21-23(18)26-17-29(24(21)31)13-10-22(30)28-12-3-11-27(14-15-28)16-19-6-8-20(25)9-7-19/h2,4-9,17H,3,10-16H2,1H3. The van der Waals surface area contributed by atoms with Crippen LogP contribution in [0.5, 0.6) is 0 Å². The molecule has 1 aromatic heterocycles. The van der Waals surface area contributed by atoms with Gasteiger partial charge in [-0.1, -0.05) is 24.3 Å². The van der Waals surface area contributed by atoms with Gasteiger partial charge in [-0.25, -0.2) is 9.37 Å². The number of para-hydroxylation sites is 1. The number of benzene rings is 2. The van der Waals surface area contributed by atoms with Crippen LogP contribution in [0, 0.1) is 12.7 Å². The monoisotopic (exact) mass is 422 g/mol. The van der Waals surface area contributed by atoms with Crippen molar-refractivity contribution in [1.29, 1.82) is 0 Å². The van der Waals surface area contributed by atoms with E-state index in [0.717, 1.165) is 37.2 Å². The molecule has 0 atom stereocenters. The summed E-state index contributed by atoms with van der Waals surface area (Å²) in [6.45, 7) is 6.05. The van der Waals surface area contributed by atoms with Gasteiger partial charge in [0.1, 0.15) is 5.82 Å². The highest BCUT2D eigenvalue weighted by atomic mass is 19.1. The summed E-state index contributed by atoms with van der Waals surface area (Å²) in [6, 6.07) is 12.1. The molecule has 3 aromatic rings. The first-order chi connectivity index (χ1) is 15.0. The summed E-state index contributed by atoms with van der Waals surface area (Å²) in [5.74, 6) is -0.174. The quantitative estimate of drug-likeness (QED) is 0.634. The van der Waals surface area contributed by atoms with Crippen LogP contribution in [0.15, 0.2) is 53.6 Å². The summed E-state index contributed by atoms with van der Waals surface area (Å²) in [7, 11) is 0. The number of fused-ring (bicyclic) bond motifs is 1. The topological polar surface area (TPSA) is 58.4 Å². The fourth-order valence-electron chi connectivity index (χ4n) is 4.10. The molecule has 1 amide bonds. The lowest BCUT2D eigenvalue weighted by Gasteiger charge is -2.22. The Kier molecular flexibility index (Phi) is 6.42. The maximum Gasteiger partial charge on any atom is 0.261 e. The molecule has 0 radical (unpaired) electrons. The number of amides is 1. The Morgan fingerprint density at radius 1 is 1.06 bits per heavy atom. The lowest BCUT2D eigenvalue weighted by atomic mass is 10.1. The largest absolute Gasteiger partial charge is 0.341 e. The molecule has 6 nitrogen and oxygen atoms in total. The molecule has 0 spiro atoms. The van der Waals surface area contributed by atoms with E-state index in [1.807, 2.05) is 24.0 Å². The number of nitrogens with zero attached hydrogens (tertiary/aromatic N) is 4. The minimum absolute atomic E-state index is 0.0554. The second kappa shape index (κ2) is 9.39.